The van der Waals surface area contributed by atoms with Crippen LogP contribution in [0.4, 0.5) is 0 Å². The molecule has 4 aromatic heterocycles. The number of rotatable bonds is 1. The summed E-state index contributed by atoms with van der Waals surface area (Å²) < 4.78 is 7.23. The molecule has 128 valence electrons. The van der Waals surface area contributed by atoms with E-state index in [4.69, 9.17) is 9.40 Å². The van der Waals surface area contributed by atoms with Gasteiger partial charge in [-0.25, -0.2) is 14.5 Å². The molecule has 0 aromatic carbocycles. The van der Waals surface area contributed by atoms with Crippen LogP contribution in [0.1, 0.15) is 37.6 Å². The molecule has 0 N–H and O–H groups in total. The Morgan fingerprint density at radius 1 is 1.32 bits per heavy atom. The van der Waals surface area contributed by atoms with Gasteiger partial charge >= 0.3 is 0 Å². The maximum absolute atomic E-state index is 5.45. The zero-order valence-corrected chi connectivity index (χ0v) is 15.4. The number of hydrogen-bond acceptors (Lipinski definition) is 5. The molecule has 25 heavy (non-hydrogen) atoms. The smallest absolute Gasteiger partial charge is 0.217 e. The molecule has 0 saturated heterocycles. The third-order valence-electron chi connectivity index (χ3n) is 5.35. The van der Waals surface area contributed by atoms with Gasteiger partial charge in [-0.1, -0.05) is 20.8 Å². The van der Waals surface area contributed by atoms with Crippen molar-refractivity contribution in [1.82, 2.24) is 19.6 Å². The molecule has 0 saturated carbocycles. The standard InChI is InChI=1S/C19H20N4OS/c1-19(2,3)11-6-7-12-14(9-11)25-18-15(12)17-21-16(13-5-4-8-24-13)22-23(17)10-20-18/h4-5,8,10-11H,6-7,9H2,1-3H3/t11-/m0/s1. The lowest BCUT2D eigenvalue weighted by Crippen LogP contribution is -2.26. The monoisotopic (exact) mass is 352 g/mol. The van der Waals surface area contributed by atoms with Crippen LogP contribution in [0.25, 0.3) is 27.4 Å². The molecule has 4 aromatic rings. The Kier molecular flexibility index (Phi) is 3.10. The van der Waals surface area contributed by atoms with Gasteiger partial charge in [-0.05, 0) is 48.3 Å². The van der Waals surface area contributed by atoms with Crippen molar-refractivity contribution in [1.29, 1.82) is 0 Å². The predicted molar refractivity (Wildman–Crippen MR) is 98.8 cm³/mol. The van der Waals surface area contributed by atoms with E-state index in [0.717, 1.165) is 29.2 Å². The fourth-order valence-electron chi connectivity index (χ4n) is 3.82. The van der Waals surface area contributed by atoms with Gasteiger partial charge in [0, 0.05) is 4.88 Å². The van der Waals surface area contributed by atoms with Gasteiger partial charge in [0.05, 0.1) is 11.6 Å². The molecule has 0 radical (unpaired) electrons. The molecule has 0 unspecified atom stereocenters. The second kappa shape index (κ2) is 5.14. The lowest BCUT2D eigenvalue weighted by atomic mass is 9.72. The maximum Gasteiger partial charge on any atom is 0.217 e. The van der Waals surface area contributed by atoms with Gasteiger partial charge in [0.15, 0.2) is 11.4 Å². The topological polar surface area (TPSA) is 56.2 Å². The number of fused-ring (bicyclic) bond motifs is 5. The average Bonchev–Trinajstić information content (AvgIpc) is 3.29. The number of aromatic nitrogens is 4. The lowest BCUT2D eigenvalue weighted by Gasteiger charge is -2.33. The van der Waals surface area contributed by atoms with E-state index >= 15 is 0 Å². The highest BCUT2D eigenvalue weighted by Gasteiger charge is 2.31. The van der Waals surface area contributed by atoms with Gasteiger partial charge in [-0.2, -0.15) is 0 Å². The van der Waals surface area contributed by atoms with Gasteiger partial charge in [-0.15, -0.1) is 16.4 Å². The van der Waals surface area contributed by atoms with Gasteiger partial charge in [0.1, 0.15) is 11.2 Å². The number of nitrogens with zero attached hydrogens (tertiary/aromatic N) is 4. The molecule has 1 aliphatic carbocycles. The minimum Gasteiger partial charge on any atom is -0.461 e. The summed E-state index contributed by atoms with van der Waals surface area (Å²) in [6.45, 7) is 7.04. The quantitative estimate of drug-likeness (QED) is 0.496. The third-order valence-corrected chi connectivity index (χ3v) is 6.51. The number of aryl methyl sites for hydroxylation is 1. The Bertz CT molecular complexity index is 1070. The van der Waals surface area contributed by atoms with Crippen molar-refractivity contribution < 1.29 is 4.42 Å². The molecule has 6 heteroatoms. The van der Waals surface area contributed by atoms with Crippen molar-refractivity contribution in [2.75, 3.05) is 0 Å². The van der Waals surface area contributed by atoms with Crippen LogP contribution in [0.15, 0.2) is 29.1 Å². The second-order valence-electron chi connectivity index (χ2n) is 7.92. The van der Waals surface area contributed by atoms with E-state index < -0.39 is 0 Å². The van der Waals surface area contributed by atoms with E-state index in [9.17, 15) is 0 Å². The van der Waals surface area contributed by atoms with Crippen LogP contribution in [0.2, 0.25) is 0 Å². The first-order chi connectivity index (χ1) is 12.0. The highest BCUT2D eigenvalue weighted by Crippen LogP contribution is 2.43. The second-order valence-corrected chi connectivity index (χ2v) is 9.00. The van der Waals surface area contributed by atoms with Crippen LogP contribution >= 0.6 is 11.3 Å². The van der Waals surface area contributed by atoms with Crippen molar-refractivity contribution in [2.24, 2.45) is 11.3 Å². The molecule has 1 atom stereocenters. The van der Waals surface area contributed by atoms with Crippen molar-refractivity contribution >= 4 is 27.2 Å². The minimum atomic E-state index is 0.345. The normalized spacial score (nSPS) is 18.1. The van der Waals surface area contributed by atoms with Gasteiger partial charge in [0.25, 0.3) is 0 Å². The fraction of sp³-hybridized carbons (Fsp3) is 0.421. The predicted octanol–water partition coefficient (Wildman–Crippen LogP) is 4.75. The Labute approximate surface area is 149 Å². The summed E-state index contributed by atoms with van der Waals surface area (Å²) in [5, 5.41) is 5.72. The van der Waals surface area contributed by atoms with E-state index in [1.165, 1.54) is 22.2 Å². The molecule has 4 heterocycles. The lowest BCUT2D eigenvalue weighted by molar-refractivity contribution is 0.218. The number of hydrogen-bond donors (Lipinski definition) is 0. The summed E-state index contributed by atoms with van der Waals surface area (Å²) in [6, 6.07) is 3.74. The van der Waals surface area contributed by atoms with Crippen LogP contribution in [-0.2, 0) is 12.8 Å². The molecular formula is C19H20N4OS. The molecule has 5 rings (SSSR count). The molecule has 1 aliphatic rings. The molecule has 5 nitrogen and oxygen atoms in total. The van der Waals surface area contributed by atoms with Crippen LogP contribution in [0, 0.1) is 11.3 Å². The summed E-state index contributed by atoms with van der Waals surface area (Å²) in [6.07, 6.45) is 6.88. The van der Waals surface area contributed by atoms with Crippen molar-refractivity contribution in [3.05, 3.63) is 35.2 Å². The summed E-state index contributed by atoms with van der Waals surface area (Å²) >= 11 is 1.83. The summed E-state index contributed by atoms with van der Waals surface area (Å²) in [7, 11) is 0. The summed E-state index contributed by atoms with van der Waals surface area (Å²) in [4.78, 5) is 12.0. The fourth-order valence-corrected chi connectivity index (χ4v) is 5.09. The van der Waals surface area contributed by atoms with Gasteiger partial charge < -0.3 is 4.42 Å². The SMILES string of the molecule is CC(C)(C)[C@H]1CCc2c(sc3ncn4nc(-c5ccco5)nc4c23)C1. The molecule has 0 aliphatic heterocycles. The molecular weight excluding hydrogens is 332 g/mol. The first kappa shape index (κ1) is 15.1. The maximum atomic E-state index is 5.45. The largest absolute Gasteiger partial charge is 0.461 e. The van der Waals surface area contributed by atoms with E-state index in [0.29, 0.717) is 17.0 Å². The highest BCUT2D eigenvalue weighted by molar-refractivity contribution is 7.19. The van der Waals surface area contributed by atoms with E-state index in [1.54, 1.807) is 17.1 Å². The van der Waals surface area contributed by atoms with Gasteiger partial charge in [0.2, 0.25) is 5.82 Å². The van der Waals surface area contributed by atoms with Crippen LogP contribution in [0.3, 0.4) is 0 Å². The minimum absolute atomic E-state index is 0.345. The highest BCUT2D eigenvalue weighted by atomic mass is 32.1. The number of thiophene rings is 1. The molecule has 0 fully saturated rings. The summed E-state index contributed by atoms with van der Waals surface area (Å²) in [5.41, 5.74) is 2.66. The Balaban J connectivity index is 1.68. The Morgan fingerprint density at radius 3 is 2.96 bits per heavy atom. The molecule has 0 bridgehead atoms. The molecule has 0 amide bonds. The van der Waals surface area contributed by atoms with Crippen LogP contribution in [-0.4, -0.2) is 19.6 Å². The first-order valence-corrected chi connectivity index (χ1v) is 9.52. The first-order valence-electron chi connectivity index (χ1n) is 8.70. The average molecular weight is 352 g/mol. The summed E-state index contributed by atoms with van der Waals surface area (Å²) in [5.74, 6) is 2.03. The van der Waals surface area contributed by atoms with Crippen molar-refractivity contribution in [3.63, 3.8) is 0 Å². The van der Waals surface area contributed by atoms with Crippen LogP contribution < -0.4 is 0 Å². The third kappa shape index (κ3) is 2.31. The van der Waals surface area contributed by atoms with Gasteiger partial charge in [-0.3, -0.25) is 0 Å². The Morgan fingerprint density at radius 2 is 2.20 bits per heavy atom. The van der Waals surface area contributed by atoms with Crippen molar-refractivity contribution in [2.45, 2.75) is 40.0 Å². The van der Waals surface area contributed by atoms with Crippen molar-refractivity contribution in [3.8, 4) is 11.6 Å². The Hall–Kier alpha value is -2.21. The number of furan rings is 1. The molecule has 0 spiro atoms. The van der Waals surface area contributed by atoms with E-state index in [-0.39, 0.29) is 0 Å². The van der Waals surface area contributed by atoms with E-state index in [2.05, 4.69) is 30.9 Å². The zero-order valence-electron chi connectivity index (χ0n) is 14.6. The van der Waals surface area contributed by atoms with Crippen LogP contribution in [0.5, 0.6) is 0 Å². The van der Waals surface area contributed by atoms with E-state index in [1.807, 2.05) is 23.5 Å². The zero-order chi connectivity index (χ0) is 17.2.